The second-order valence-corrected chi connectivity index (χ2v) is 5.28. The molecular weight excluding hydrogens is 284 g/mol. The van der Waals surface area contributed by atoms with Gasteiger partial charge in [0.1, 0.15) is 5.54 Å². The van der Waals surface area contributed by atoms with Crippen LogP contribution in [0.2, 0.25) is 0 Å². The van der Waals surface area contributed by atoms with Gasteiger partial charge in [0.15, 0.2) is 0 Å². The van der Waals surface area contributed by atoms with Crippen molar-refractivity contribution in [3.05, 3.63) is 29.8 Å². The van der Waals surface area contributed by atoms with Gasteiger partial charge in [-0.3, -0.25) is 9.59 Å². The van der Waals surface area contributed by atoms with Crippen LogP contribution in [0.25, 0.3) is 0 Å². The molecule has 116 valence electrons. The molecule has 7 nitrogen and oxygen atoms in total. The van der Waals surface area contributed by atoms with Crippen molar-refractivity contribution in [3.63, 3.8) is 0 Å². The fraction of sp³-hybridized carbons (Fsp3) is 0.333. The third-order valence-corrected chi connectivity index (χ3v) is 3.50. The summed E-state index contributed by atoms with van der Waals surface area (Å²) in [5.41, 5.74) is 0.474. The Morgan fingerprint density at radius 1 is 1.36 bits per heavy atom. The molecule has 1 saturated heterocycles. The molecule has 1 fully saturated rings. The van der Waals surface area contributed by atoms with Crippen LogP contribution in [0.1, 0.15) is 32.8 Å². The molecule has 7 heteroatoms. The Labute approximate surface area is 128 Å². The topological polar surface area (TPSA) is 90.9 Å². The van der Waals surface area contributed by atoms with Gasteiger partial charge in [-0.2, -0.15) is 5.10 Å². The minimum absolute atomic E-state index is 0.153. The SMILES string of the molecule is CC[C@@]1(C)NC(=O)N(/N=C\c2ccc(NC(C)=O)cc2)C1=O. The summed E-state index contributed by atoms with van der Waals surface area (Å²) in [4.78, 5) is 34.9. The van der Waals surface area contributed by atoms with Crippen LogP contribution in [0, 0.1) is 0 Å². The summed E-state index contributed by atoms with van der Waals surface area (Å²) in [5, 5.41) is 10.1. The third-order valence-electron chi connectivity index (χ3n) is 3.50. The first-order valence-corrected chi connectivity index (χ1v) is 6.94. The maximum Gasteiger partial charge on any atom is 0.346 e. The summed E-state index contributed by atoms with van der Waals surface area (Å²) < 4.78 is 0. The monoisotopic (exact) mass is 302 g/mol. The Morgan fingerprint density at radius 2 is 2.00 bits per heavy atom. The van der Waals surface area contributed by atoms with E-state index in [9.17, 15) is 14.4 Å². The highest BCUT2D eigenvalue weighted by atomic mass is 16.2. The van der Waals surface area contributed by atoms with Crippen LogP contribution in [0.15, 0.2) is 29.4 Å². The quantitative estimate of drug-likeness (QED) is 0.655. The van der Waals surface area contributed by atoms with E-state index in [4.69, 9.17) is 0 Å². The molecule has 4 amide bonds. The molecule has 1 heterocycles. The zero-order valence-corrected chi connectivity index (χ0v) is 12.7. The molecule has 0 aliphatic carbocycles. The minimum Gasteiger partial charge on any atom is -0.326 e. The summed E-state index contributed by atoms with van der Waals surface area (Å²) in [7, 11) is 0. The maximum atomic E-state index is 12.1. The molecule has 1 atom stereocenters. The predicted molar refractivity (Wildman–Crippen MR) is 82.4 cm³/mol. The van der Waals surface area contributed by atoms with Gasteiger partial charge >= 0.3 is 6.03 Å². The van der Waals surface area contributed by atoms with Gasteiger partial charge in [-0.25, -0.2) is 4.79 Å². The van der Waals surface area contributed by atoms with E-state index in [2.05, 4.69) is 15.7 Å². The van der Waals surface area contributed by atoms with Crippen molar-refractivity contribution in [2.75, 3.05) is 5.32 Å². The first-order valence-electron chi connectivity index (χ1n) is 6.94. The van der Waals surface area contributed by atoms with E-state index in [1.807, 2.05) is 6.92 Å². The first kappa shape index (κ1) is 15.7. The molecule has 0 bridgehead atoms. The number of imide groups is 1. The van der Waals surface area contributed by atoms with Gasteiger partial charge in [0.05, 0.1) is 6.21 Å². The molecule has 0 saturated carbocycles. The summed E-state index contributed by atoms with van der Waals surface area (Å²) in [5.74, 6) is -0.522. The Balaban J connectivity index is 2.10. The van der Waals surface area contributed by atoms with Crippen LogP contribution < -0.4 is 10.6 Å². The molecule has 22 heavy (non-hydrogen) atoms. The maximum absolute atomic E-state index is 12.1. The zero-order valence-electron chi connectivity index (χ0n) is 12.7. The number of rotatable bonds is 4. The molecule has 1 aliphatic rings. The van der Waals surface area contributed by atoms with Gasteiger partial charge in [-0.1, -0.05) is 19.1 Å². The number of hydrazone groups is 1. The zero-order chi connectivity index (χ0) is 16.3. The van der Waals surface area contributed by atoms with E-state index < -0.39 is 11.6 Å². The van der Waals surface area contributed by atoms with Gasteiger partial charge in [-0.05, 0) is 31.0 Å². The molecule has 1 aromatic rings. The van der Waals surface area contributed by atoms with Crippen molar-refractivity contribution in [1.82, 2.24) is 10.3 Å². The first-order chi connectivity index (χ1) is 10.4. The van der Waals surface area contributed by atoms with E-state index >= 15 is 0 Å². The molecule has 2 rings (SSSR count). The summed E-state index contributed by atoms with van der Waals surface area (Å²) >= 11 is 0. The average molecular weight is 302 g/mol. The Hall–Kier alpha value is -2.70. The van der Waals surface area contributed by atoms with E-state index in [1.54, 1.807) is 31.2 Å². The lowest BCUT2D eigenvalue weighted by molar-refractivity contribution is -0.130. The van der Waals surface area contributed by atoms with Crippen LogP contribution in [0.4, 0.5) is 10.5 Å². The fourth-order valence-electron chi connectivity index (χ4n) is 1.99. The smallest absolute Gasteiger partial charge is 0.326 e. The highest BCUT2D eigenvalue weighted by molar-refractivity contribution is 6.07. The fourth-order valence-corrected chi connectivity index (χ4v) is 1.99. The summed E-state index contributed by atoms with van der Waals surface area (Å²) in [6.07, 6.45) is 1.92. The largest absolute Gasteiger partial charge is 0.346 e. The molecular formula is C15H18N4O3. The molecule has 0 unspecified atom stereocenters. The number of anilines is 1. The van der Waals surface area contributed by atoms with Crippen LogP contribution in [-0.4, -0.2) is 34.6 Å². The highest BCUT2D eigenvalue weighted by Crippen LogP contribution is 2.21. The lowest BCUT2D eigenvalue weighted by atomic mass is 10.00. The number of carbonyl (C=O) groups excluding carboxylic acids is 3. The minimum atomic E-state index is -0.899. The van der Waals surface area contributed by atoms with Crippen molar-refractivity contribution in [3.8, 4) is 0 Å². The number of nitrogens with zero attached hydrogens (tertiary/aromatic N) is 2. The Bertz CT molecular complexity index is 639. The van der Waals surface area contributed by atoms with Crippen molar-refractivity contribution < 1.29 is 14.4 Å². The number of carbonyl (C=O) groups is 3. The Kier molecular flexibility index (Phi) is 4.25. The normalized spacial score (nSPS) is 21.3. The molecule has 1 aliphatic heterocycles. The van der Waals surface area contributed by atoms with E-state index in [1.165, 1.54) is 13.1 Å². The van der Waals surface area contributed by atoms with Gasteiger partial charge in [-0.15, -0.1) is 5.01 Å². The van der Waals surface area contributed by atoms with Crippen LogP contribution in [0.3, 0.4) is 0 Å². The third kappa shape index (κ3) is 3.13. The van der Waals surface area contributed by atoms with Gasteiger partial charge in [0.25, 0.3) is 5.91 Å². The molecule has 0 radical (unpaired) electrons. The van der Waals surface area contributed by atoms with Crippen LogP contribution >= 0.6 is 0 Å². The summed E-state index contributed by atoms with van der Waals surface area (Å²) in [6, 6.07) is 6.36. The molecule has 2 N–H and O–H groups in total. The van der Waals surface area contributed by atoms with Crippen molar-refractivity contribution in [1.29, 1.82) is 0 Å². The summed E-state index contributed by atoms with van der Waals surface area (Å²) in [6.45, 7) is 4.93. The van der Waals surface area contributed by atoms with Crippen molar-refractivity contribution in [2.45, 2.75) is 32.7 Å². The lowest BCUT2D eigenvalue weighted by Crippen LogP contribution is -2.42. The highest BCUT2D eigenvalue weighted by Gasteiger charge is 2.46. The van der Waals surface area contributed by atoms with Crippen molar-refractivity contribution in [2.24, 2.45) is 5.10 Å². The Morgan fingerprint density at radius 3 is 2.50 bits per heavy atom. The van der Waals surface area contributed by atoms with E-state index in [-0.39, 0.29) is 11.8 Å². The molecule has 0 spiro atoms. The number of urea groups is 1. The van der Waals surface area contributed by atoms with Crippen LogP contribution in [-0.2, 0) is 9.59 Å². The number of hydrogen-bond acceptors (Lipinski definition) is 4. The molecule has 1 aromatic carbocycles. The van der Waals surface area contributed by atoms with Crippen LogP contribution in [0.5, 0.6) is 0 Å². The second kappa shape index (κ2) is 5.97. The van der Waals surface area contributed by atoms with E-state index in [0.717, 1.165) is 5.01 Å². The number of benzene rings is 1. The number of nitrogens with one attached hydrogen (secondary N) is 2. The van der Waals surface area contributed by atoms with Crippen molar-refractivity contribution >= 4 is 29.7 Å². The second-order valence-electron chi connectivity index (χ2n) is 5.28. The number of amides is 4. The molecule has 0 aromatic heterocycles. The van der Waals surface area contributed by atoms with E-state index in [0.29, 0.717) is 17.7 Å². The van der Waals surface area contributed by atoms with Gasteiger partial charge in [0.2, 0.25) is 5.91 Å². The standard InChI is InChI=1S/C15H18N4O3/c1-4-15(3)13(21)19(14(22)18-15)16-9-11-5-7-12(8-6-11)17-10(2)20/h5-9H,4H2,1-3H3,(H,17,20)(H,18,22)/b16-9-/t15-/m1/s1. The lowest BCUT2D eigenvalue weighted by Gasteiger charge is -2.17. The number of hydrogen-bond donors (Lipinski definition) is 2. The van der Waals surface area contributed by atoms with Gasteiger partial charge in [0, 0.05) is 12.6 Å². The predicted octanol–water partition coefficient (Wildman–Crippen LogP) is 1.70. The average Bonchev–Trinajstić information content (AvgIpc) is 2.69. The van der Waals surface area contributed by atoms with Gasteiger partial charge < -0.3 is 10.6 Å².